The summed E-state index contributed by atoms with van der Waals surface area (Å²) in [4.78, 5) is 0.254. The van der Waals surface area contributed by atoms with Crippen molar-refractivity contribution in [1.29, 1.82) is 0 Å². The van der Waals surface area contributed by atoms with Gasteiger partial charge in [-0.25, -0.2) is 13.1 Å². The van der Waals surface area contributed by atoms with E-state index in [4.69, 9.17) is 0 Å². The zero-order valence-corrected chi connectivity index (χ0v) is 13.2. The van der Waals surface area contributed by atoms with Crippen molar-refractivity contribution >= 4 is 10.0 Å². The first-order valence-corrected chi connectivity index (χ1v) is 7.69. The van der Waals surface area contributed by atoms with Crippen molar-refractivity contribution in [3.05, 3.63) is 29.3 Å². The number of benzene rings is 1. The lowest BCUT2D eigenvalue weighted by Gasteiger charge is -2.37. The zero-order valence-electron chi connectivity index (χ0n) is 12.4. The molecule has 0 unspecified atom stereocenters. The Morgan fingerprint density at radius 2 is 1.63 bits per heavy atom. The van der Waals surface area contributed by atoms with E-state index in [1.54, 1.807) is 46.8 Å². The fourth-order valence-corrected chi connectivity index (χ4v) is 3.38. The molecule has 0 radical (unpaired) electrons. The van der Waals surface area contributed by atoms with E-state index in [1.165, 1.54) is 0 Å². The highest BCUT2D eigenvalue weighted by atomic mass is 32.2. The molecule has 0 fully saturated rings. The molecule has 0 atom stereocenters. The molecule has 0 aromatic heterocycles. The molecule has 19 heavy (non-hydrogen) atoms. The Bertz CT molecular complexity index is 569. The number of sulfonamides is 1. The minimum atomic E-state index is -3.66. The van der Waals surface area contributed by atoms with Crippen LogP contribution in [0.5, 0.6) is 0 Å². The van der Waals surface area contributed by atoms with Gasteiger partial charge in [0.1, 0.15) is 0 Å². The molecular weight excluding hydrogens is 262 g/mol. The summed E-state index contributed by atoms with van der Waals surface area (Å²) in [6.07, 6.45) is 0. The van der Waals surface area contributed by atoms with Crippen molar-refractivity contribution in [3.63, 3.8) is 0 Å². The molecule has 0 bridgehead atoms. The summed E-state index contributed by atoms with van der Waals surface area (Å²) in [6, 6.07) is 5.29. The third kappa shape index (κ3) is 3.55. The maximum absolute atomic E-state index is 12.4. The first-order valence-electron chi connectivity index (χ1n) is 6.20. The fourth-order valence-electron chi connectivity index (χ4n) is 1.51. The first-order chi connectivity index (χ1) is 8.37. The van der Waals surface area contributed by atoms with Gasteiger partial charge >= 0.3 is 0 Å². The average Bonchev–Trinajstić information content (AvgIpc) is 2.18. The second-order valence-corrected chi connectivity index (χ2v) is 7.71. The van der Waals surface area contributed by atoms with Crippen LogP contribution in [0.15, 0.2) is 23.1 Å². The molecule has 2 N–H and O–H groups in total. The Morgan fingerprint density at radius 3 is 2.11 bits per heavy atom. The third-order valence-corrected chi connectivity index (χ3v) is 5.35. The molecule has 0 saturated carbocycles. The quantitative estimate of drug-likeness (QED) is 0.890. The van der Waals surface area contributed by atoms with Crippen LogP contribution < -0.4 is 4.72 Å². The molecule has 0 saturated heterocycles. The SMILES string of the molecule is Cc1ccc(C)c(S(=O)(=O)NC(C)(C)C(C)(C)O)c1. The second-order valence-electron chi connectivity index (χ2n) is 6.06. The second kappa shape index (κ2) is 4.89. The molecule has 1 aromatic carbocycles. The third-order valence-electron chi connectivity index (χ3n) is 3.55. The fraction of sp³-hybridized carbons (Fsp3) is 0.571. The molecule has 0 aliphatic heterocycles. The van der Waals surface area contributed by atoms with Gasteiger partial charge in [0.25, 0.3) is 0 Å². The highest BCUT2D eigenvalue weighted by molar-refractivity contribution is 7.89. The minimum absolute atomic E-state index is 0.254. The predicted octanol–water partition coefficient (Wildman–Crippen LogP) is 2.13. The van der Waals surface area contributed by atoms with Gasteiger partial charge < -0.3 is 5.11 Å². The zero-order chi connectivity index (χ0) is 15.1. The van der Waals surface area contributed by atoms with E-state index >= 15 is 0 Å². The van der Waals surface area contributed by atoms with Crippen LogP contribution in [0.3, 0.4) is 0 Å². The molecule has 0 aliphatic carbocycles. The van der Waals surface area contributed by atoms with E-state index in [1.807, 2.05) is 13.0 Å². The average molecular weight is 285 g/mol. The Balaban J connectivity index is 3.23. The predicted molar refractivity (Wildman–Crippen MR) is 76.6 cm³/mol. The van der Waals surface area contributed by atoms with E-state index in [-0.39, 0.29) is 4.90 Å². The minimum Gasteiger partial charge on any atom is -0.389 e. The van der Waals surface area contributed by atoms with Gasteiger partial charge in [-0.2, -0.15) is 0 Å². The maximum Gasteiger partial charge on any atom is 0.241 e. The van der Waals surface area contributed by atoms with Crippen LogP contribution in [0, 0.1) is 13.8 Å². The topological polar surface area (TPSA) is 66.4 Å². The Labute approximate surface area is 115 Å². The summed E-state index contributed by atoms with van der Waals surface area (Å²) in [5.41, 5.74) is -0.573. The van der Waals surface area contributed by atoms with Crippen LogP contribution in [0.4, 0.5) is 0 Å². The normalized spacial score (nSPS) is 13.6. The molecular formula is C14H23NO3S. The number of hydrogen-bond donors (Lipinski definition) is 2. The molecule has 108 valence electrons. The van der Waals surface area contributed by atoms with Crippen molar-refractivity contribution in [3.8, 4) is 0 Å². The summed E-state index contributed by atoms with van der Waals surface area (Å²) in [7, 11) is -3.66. The van der Waals surface area contributed by atoms with E-state index in [9.17, 15) is 13.5 Å². The van der Waals surface area contributed by atoms with Gasteiger partial charge in [-0.3, -0.25) is 0 Å². The van der Waals surface area contributed by atoms with Crippen LogP contribution in [0.25, 0.3) is 0 Å². The summed E-state index contributed by atoms with van der Waals surface area (Å²) in [5.74, 6) is 0. The number of rotatable bonds is 4. The van der Waals surface area contributed by atoms with Gasteiger partial charge in [0.15, 0.2) is 0 Å². The van der Waals surface area contributed by atoms with Gasteiger partial charge in [-0.15, -0.1) is 0 Å². The van der Waals surface area contributed by atoms with Crippen molar-refractivity contribution < 1.29 is 13.5 Å². The lowest BCUT2D eigenvalue weighted by molar-refractivity contribution is 0.00638. The van der Waals surface area contributed by atoms with Crippen molar-refractivity contribution in [1.82, 2.24) is 4.72 Å². The van der Waals surface area contributed by atoms with Gasteiger partial charge in [-0.05, 0) is 58.7 Å². The van der Waals surface area contributed by atoms with Crippen LogP contribution >= 0.6 is 0 Å². The Hall–Kier alpha value is -0.910. The Morgan fingerprint density at radius 1 is 1.11 bits per heavy atom. The molecule has 0 spiro atoms. The first kappa shape index (κ1) is 16.1. The van der Waals surface area contributed by atoms with Gasteiger partial charge in [-0.1, -0.05) is 12.1 Å². The number of aryl methyl sites for hydroxylation is 2. The molecule has 4 nitrogen and oxygen atoms in total. The van der Waals surface area contributed by atoms with Gasteiger partial charge in [0.05, 0.1) is 16.0 Å². The summed E-state index contributed by atoms with van der Waals surface area (Å²) in [5, 5.41) is 10.1. The lowest BCUT2D eigenvalue weighted by atomic mass is 9.87. The molecule has 0 aliphatic rings. The van der Waals surface area contributed by atoms with E-state index in [0.29, 0.717) is 5.56 Å². The molecule has 1 aromatic rings. The maximum atomic E-state index is 12.4. The number of nitrogens with one attached hydrogen (secondary N) is 1. The largest absolute Gasteiger partial charge is 0.389 e. The smallest absolute Gasteiger partial charge is 0.241 e. The summed E-state index contributed by atoms with van der Waals surface area (Å²) < 4.78 is 27.5. The highest BCUT2D eigenvalue weighted by Crippen LogP contribution is 2.25. The number of aliphatic hydroxyl groups is 1. The van der Waals surface area contributed by atoms with Gasteiger partial charge in [0.2, 0.25) is 10.0 Å². The standard InChI is InChI=1S/C14H23NO3S/c1-10-7-8-11(2)12(9-10)19(17,18)15-13(3,4)14(5,6)16/h7-9,15-16H,1-6H3. The lowest BCUT2D eigenvalue weighted by Crippen LogP contribution is -2.57. The Kier molecular flexibility index (Phi) is 4.15. The molecule has 5 heteroatoms. The summed E-state index contributed by atoms with van der Waals surface area (Å²) in [6.45, 7) is 10.1. The summed E-state index contributed by atoms with van der Waals surface area (Å²) >= 11 is 0. The molecule has 0 heterocycles. The van der Waals surface area contributed by atoms with Crippen LogP contribution in [-0.2, 0) is 10.0 Å². The van der Waals surface area contributed by atoms with Crippen molar-refractivity contribution in [2.45, 2.75) is 57.6 Å². The van der Waals surface area contributed by atoms with Crippen molar-refractivity contribution in [2.75, 3.05) is 0 Å². The molecule has 1 rings (SSSR count). The van der Waals surface area contributed by atoms with Crippen LogP contribution in [0.2, 0.25) is 0 Å². The molecule has 0 amide bonds. The van der Waals surface area contributed by atoms with E-state index < -0.39 is 21.2 Å². The highest BCUT2D eigenvalue weighted by Gasteiger charge is 2.39. The van der Waals surface area contributed by atoms with Crippen molar-refractivity contribution in [2.24, 2.45) is 0 Å². The van der Waals surface area contributed by atoms with E-state index in [0.717, 1.165) is 5.56 Å². The van der Waals surface area contributed by atoms with Crippen LogP contribution in [-0.4, -0.2) is 24.7 Å². The monoisotopic (exact) mass is 285 g/mol. The van der Waals surface area contributed by atoms with Gasteiger partial charge in [0, 0.05) is 0 Å². The van der Waals surface area contributed by atoms with E-state index in [2.05, 4.69) is 4.72 Å². The van der Waals surface area contributed by atoms with Crippen LogP contribution in [0.1, 0.15) is 38.8 Å². The number of hydrogen-bond acceptors (Lipinski definition) is 3.